The van der Waals surface area contributed by atoms with E-state index in [4.69, 9.17) is 4.74 Å². The smallest absolute Gasteiger partial charge is 0.309 e. The highest BCUT2D eigenvalue weighted by atomic mass is 16.5. The van der Waals surface area contributed by atoms with E-state index in [-0.39, 0.29) is 87.2 Å². The quantitative estimate of drug-likeness (QED) is 0.226. The lowest BCUT2D eigenvalue weighted by Crippen LogP contribution is -2.67. The van der Waals surface area contributed by atoms with Crippen molar-refractivity contribution in [1.82, 2.24) is 10.3 Å². The fourth-order valence-electron chi connectivity index (χ4n) is 15.7. The fraction of sp³-hybridized carbons (Fsp3) is 0.696. The molecule has 0 saturated heterocycles. The summed E-state index contributed by atoms with van der Waals surface area (Å²) in [6.45, 7) is 27.0. The Balaban J connectivity index is 0.994. The SMILES string of the molecule is Cc1cccc(CC(=O)CC(C)(C)C(=O)N[C@@]23CC[C@]4(C)[C@H](CC[C@@H]5[C@@]6(C)CC[C@H](OC(=O)[C@H]7C[C@@H](Cc8ccccc8)C7(C)C)C(C)(C)[C@@H]6CC[C@]54C)C2=C(C(C)C)C(=O)C3)n1. The second kappa shape index (κ2) is 15.8. The van der Waals surface area contributed by atoms with Crippen molar-refractivity contribution in [3.05, 3.63) is 76.6 Å². The molecule has 1 N–H and O–H groups in total. The highest BCUT2D eigenvalue weighted by Crippen LogP contribution is 2.76. The number of esters is 1. The number of benzene rings is 1. The maximum atomic E-state index is 14.5. The van der Waals surface area contributed by atoms with Crippen LogP contribution in [0.5, 0.6) is 0 Å². The number of ketones is 2. The van der Waals surface area contributed by atoms with Crippen LogP contribution < -0.4 is 5.32 Å². The standard InChI is InChI=1S/C56H78N2O5/c1-34(2)46-42(60)33-56(58-49(62)50(4,5)32-39(59)31-38-20-16-17-35(3)57-38)28-27-54(11)40(47(46)56)21-22-44-53(10)25-24-45(52(8,9)43(53)23-26-55(44,54)12)63-48(61)41-30-37(51(41,6)7)29-36-18-14-13-15-19-36/h13-20,34,37,40-41,43-45H,21-33H2,1-12H3,(H,58,62)/t37-,40-,41-,43+,44-,45+,53+,54-,55-,56-/m1/s1. The summed E-state index contributed by atoms with van der Waals surface area (Å²) < 4.78 is 6.68. The van der Waals surface area contributed by atoms with Crippen LogP contribution in [0.25, 0.3) is 0 Å². The Hall–Kier alpha value is -3.61. The number of fused-ring (bicyclic) bond motifs is 7. The molecule has 6 aliphatic rings. The first-order valence-electron chi connectivity index (χ1n) is 24.7. The number of aryl methyl sites for hydroxylation is 1. The van der Waals surface area contributed by atoms with E-state index in [0.29, 0.717) is 24.2 Å². The molecule has 1 aromatic heterocycles. The van der Waals surface area contributed by atoms with Crippen molar-refractivity contribution in [2.75, 3.05) is 0 Å². The number of amides is 1. The monoisotopic (exact) mass is 859 g/mol. The number of nitrogens with one attached hydrogen (secondary N) is 1. The minimum Gasteiger partial charge on any atom is -0.462 e. The van der Waals surface area contributed by atoms with Gasteiger partial charge >= 0.3 is 5.97 Å². The van der Waals surface area contributed by atoms with E-state index in [2.05, 4.69) is 103 Å². The van der Waals surface area contributed by atoms with Gasteiger partial charge in [-0.05, 0) is 151 Å². The number of carbonyl (C=O) groups excluding carboxylic acids is 4. The number of carbonyl (C=O) groups is 4. The van der Waals surface area contributed by atoms with E-state index in [1.807, 2.05) is 39.0 Å². The van der Waals surface area contributed by atoms with Gasteiger partial charge in [-0.1, -0.05) is 113 Å². The van der Waals surface area contributed by atoms with E-state index in [9.17, 15) is 19.2 Å². The van der Waals surface area contributed by atoms with E-state index in [1.54, 1.807) is 0 Å². The molecule has 5 fully saturated rings. The van der Waals surface area contributed by atoms with Crippen molar-refractivity contribution < 1.29 is 23.9 Å². The first-order valence-corrected chi connectivity index (χ1v) is 24.7. The topological polar surface area (TPSA) is 102 Å². The molecule has 0 spiro atoms. The molecule has 1 aromatic carbocycles. The number of allylic oxidation sites excluding steroid dienone is 1. The predicted molar refractivity (Wildman–Crippen MR) is 249 cm³/mol. The molecule has 5 saturated carbocycles. The Labute approximate surface area is 379 Å². The summed E-state index contributed by atoms with van der Waals surface area (Å²) in [5.41, 5.74) is 3.26. The van der Waals surface area contributed by atoms with Crippen LogP contribution in [0.15, 0.2) is 59.7 Å². The normalized spacial score (nSPS) is 36.6. The van der Waals surface area contributed by atoms with Gasteiger partial charge in [0.2, 0.25) is 5.91 Å². The molecule has 0 radical (unpaired) electrons. The molecule has 1 amide bonds. The number of aromatic nitrogens is 1. The molecular formula is C56H78N2O5. The summed E-state index contributed by atoms with van der Waals surface area (Å²) in [7, 11) is 0. The minimum absolute atomic E-state index is 0.00678. The van der Waals surface area contributed by atoms with Crippen LogP contribution in [-0.4, -0.2) is 40.1 Å². The first-order chi connectivity index (χ1) is 29.4. The molecule has 8 rings (SSSR count). The zero-order valence-corrected chi connectivity index (χ0v) is 40.8. The van der Waals surface area contributed by atoms with Crippen LogP contribution in [0.4, 0.5) is 0 Å². The van der Waals surface area contributed by atoms with Gasteiger partial charge in [-0.25, -0.2) is 0 Å². The van der Waals surface area contributed by atoms with Crippen LogP contribution >= 0.6 is 0 Å². The van der Waals surface area contributed by atoms with Crippen molar-refractivity contribution in [1.29, 1.82) is 0 Å². The molecule has 10 atom stereocenters. The minimum atomic E-state index is -0.944. The van der Waals surface area contributed by atoms with Crippen molar-refractivity contribution in [3.63, 3.8) is 0 Å². The number of hydrogen-bond donors (Lipinski definition) is 1. The van der Waals surface area contributed by atoms with Crippen molar-refractivity contribution in [3.8, 4) is 0 Å². The fourth-order valence-corrected chi connectivity index (χ4v) is 15.7. The summed E-state index contributed by atoms with van der Waals surface area (Å²) in [5, 5.41) is 3.55. The molecule has 0 unspecified atom stereocenters. The third-order valence-electron chi connectivity index (χ3n) is 19.6. The number of nitrogens with zero attached hydrogens (tertiary/aromatic N) is 1. The van der Waals surface area contributed by atoms with Crippen LogP contribution in [0.1, 0.15) is 164 Å². The van der Waals surface area contributed by atoms with Crippen LogP contribution in [0.3, 0.4) is 0 Å². The number of rotatable bonds is 11. The number of hydrogen-bond acceptors (Lipinski definition) is 6. The van der Waals surface area contributed by atoms with Crippen molar-refractivity contribution in [2.45, 2.75) is 178 Å². The summed E-state index contributed by atoms with van der Waals surface area (Å²) in [4.78, 5) is 60.8. The molecule has 63 heavy (non-hydrogen) atoms. The Morgan fingerprint density at radius 2 is 1.54 bits per heavy atom. The van der Waals surface area contributed by atoms with Gasteiger partial charge < -0.3 is 10.1 Å². The van der Waals surface area contributed by atoms with Crippen LogP contribution in [-0.2, 0) is 36.8 Å². The predicted octanol–water partition coefficient (Wildman–Crippen LogP) is 11.6. The molecule has 2 aromatic rings. The molecule has 0 bridgehead atoms. The average molecular weight is 859 g/mol. The van der Waals surface area contributed by atoms with E-state index in [1.165, 1.54) is 11.1 Å². The Kier molecular flexibility index (Phi) is 11.5. The van der Waals surface area contributed by atoms with Gasteiger partial charge in [-0.15, -0.1) is 0 Å². The van der Waals surface area contributed by atoms with E-state index >= 15 is 0 Å². The maximum Gasteiger partial charge on any atom is 0.309 e. The first kappa shape index (κ1) is 45.9. The zero-order valence-electron chi connectivity index (χ0n) is 40.8. The van der Waals surface area contributed by atoms with Gasteiger partial charge in [-0.3, -0.25) is 24.2 Å². The average Bonchev–Trinajstić information content (AvgIpc) is 3.49. The molecule has 342 valence electrons. The van der Waals surface area contributed by atoms with Gasteiger partial charge in [0.25, 0.3) is 0 Å². The lowest BCUT2D eigenvalue weighted by Gasteiger charge is -2.72. The largest absolute Gasteiger partial charge is 0.462 e. The zero-order chi connectivity index (χ0) is 45.7. The second-order valence-electron chi connectivity index (χ2n) is 24.6. The summed E-state index contributed by atoms with van der Waals surface area (Å²) >= 11 is 0. The highest BCUT2D eigenvalue weighted by Gasteiger charge is 2.70. The molecular weight excluding hydrogens is 781 g/mol. The third kappa shape index (κ3) is 7.40. The Morgan fingerprint density at radius 3 is 2.21 bits per heavy atom. The summed E-state index contributed by atoms with van der Waals surface area (Å²) in [5.74, 6) is 1.62. The molecule has 7 heteroatoms. The van der Waals surface area contributed by atoms with Gasteiger partial charge in [0, 0.05) is 36.1 Å². The van der Waals surface area contributed by atoms with Gasteiger partial charge in [0.15, 0.2) is 5.78 Å². The Morgan fingerprint density at radius 1 is 0.825 bits per heavy atom. The Bertz CT molecular complexity index is 2180. The van der Waals surface area contributed by atoms with E-state index < -0.39 is 11.0 Å². The molecule has 6 aliphatic carbocycles. The number of Topliss-reactive ketones (excluding diaryl/α,β-unsaturated/α-hetero) is 2. The van der Waals surface area contributed by atoms with Gasteiger partial charge in [0.1, 0.15) is 11.9 Å². The van der Waals surface area contributed by atoms with E-state index in [0.717, 1.165) is 81.2 Å². The van der Waals surface area contributed by atoms with Crippen LogP contribution in [0.2, 0.25) is 0 Å². The van der Waals surface area contributed by atoms with Gasteiger partial charge in [-0.2, -0.15) is 0 Å². The molecule has 0 aliphatic heterocycles. The second-order valence-corrected chi connectivity index (χ2v) is 24.6. The van der Waals surface area contributed by atoms with Crippen LogP contribution in [0, 0.1) is 74.9 Å². The maximum absolute atomic E-state index is 14.5. The third-order valence-corrected chi connectivity index (χ3v) is 19.6. The van der Waals surface area contributed by atoms with Crippen molar-refractivity contribution >= 4 is 23.4 Å². The number of pyridine rings is 1. The van der Waals surface area contributed by atoms with Gasteiger partial charge in [0.05, 0.1) is 16.9 Å². The lowest BCUT2D eigenvalue weighted by molar-refractivity contribution is -0.235. The summed E-state index contributed by atoms with van der Waals surface area (Å²) in [6.07, 6.45) is 10.3. The number of ether oxygens (including phenoxy) is 1. The molecule has 7 nitrogen and oxygen atoms in total. The molecule has 1 heterocycles. The summed E-state index contributed by atoms with van der Waals surface area (Å²) in [6, 6.07) is 16.4. The highest BCUT2D eigenvalue weighted by molar-refractivity contribution is 6.02. The van der Waals surface area contributed by atoms with Crippen molar-refractivity contribution in [2.24, 2.45) is 68.0 Å². The lowest BCUT2D eigenvalue weighted by atomic mass is 9.33.